The molecule has 1 aliphatic heterocycles. The molecular weight excluding hydrogens is 334 g/mol. The van der Waals surface area contributed by atoms with Crippen molar-refractivity contribution in [3.63, 3.8) is 0 Å². The molecule has 1 amide bonds. The number of nitrogens with zero attached hydrogens (tertiary/aromatic N) is 1. The van der Waals surface area contributed by atoms with Gasteiger partial charge in [0.25, 0.3) is 5.91 Å². The predicted octanol–water partition coefficient (Wildman–Crippen LogP) is 4.78. The number of aliphatic hydroxyl groups is 1. The summed E-state index contributed by atoms with van der Waals surface area (Å²) in [6.45, 7) is 0. The first-order valence-electron chi connectivity index (χ1n) is 8.08. The van der Waals surface area contributed by atoms with Crippen molar-refractivity contribution in [2.45, 2.75) is 12.1 Å². The topological polar surface area (TPSA) is 40.5 Å². The molecule has 0 aromatic heterocycles. The molecule has 0 fully saturated rings. The molecule has 0 spiro atoms. The summed E-state index contributed by atoms with van der Waals surface area (Å²) in [6.07, 6.45) is -0.824. The molecule has 0 radical (unpaired) electrons. The molecule has 0 saturated heterocycles. The van der Waals surface area contributed by atoms with Crippen LogP contribution in [0.2, 0.25) is 5.02 Å². The maximum atomic E-state index is 13.2. The van der Waals surface area contributed by atoms with Crippen molar-refractivity contribution < 1.29 is 9.90 Å². The van der Waals surface area contributed by atoms with Crippen LogP contribution in [0.15, 0.2) is 78.9 Å². The van der Waals surface area contributed by atoms with Gasteiger partial charge >= 0.3 is 0 Å². The van der Waals surface area contributed by atoms with E-state index < -0.39 is 12.1 Å². The normalized spacial score (nSPS) is 19.6. The Morgan fingerprint density at radius 3 is 2.20 bits per heavy atom. The van der Waals surface area contributed by atoms with Crippen LogP contribution in [0.4, 0.5) is 5.69 Å². The van der Waals surface area contributed by atoms with Gasteiger partial charge in [0, 0.05) is 16.3 Å². The summed E-state index contributed by atoms with van der Waals surface area (Å²) in [7, 11) is 0. The van der Waals surface area contributed by atoms with Crippen molar-refractivity contribution in [1.82, 2.24) is 0 Å². The van der Waals surface area contributed by atoms with Gasteiger partial charge < -0.3 is 5.11 Å². The molecule has 3 aromatic carbocycles. The third kappa shape index (κ3) is 2.72. The van der Waals surface area contributed by atoms with Gasteiger partial charge in [0.15, 0.2) is 0 Å². The van der Waals surface area contributed by atoms with Gasteiger partial charge in [-0.15, -0.1) is 0 Å². The number of benzene rings is 3. The summed E-state index contributed by atoms with van der Waals surface area (Å²) in [4.78, 5) is 14.9. The zero-order valence-corrected chi connectivity index (χ0v) is 14.1. The van der Waals surface area contributed by atoms with Crippen LogP contribution in [-0.2, 0) is 0 Å². The number of hydrogen-bond donors (Lipinski definition) is 1. The molecule has 0 aliphatic carbocycles. The van der Waals surface area contributed by atoms with Gasteiger partial charge in [0.05, 0.1) is 6.04 Å². The largest absolute Gasteiger partial charge is 0.386 e. The SMILES string of the molecule is O=C1c2ccccc2C(O)C(c2ccc(Cl)cc2)N1c1ccccc1. The monoisotopic (exact) mass is 349 g/mol. The number of rotatable bonds is 2. The lowest BCUT2D eigenvalue weighted by molar-refractivity contribution is 0.0851. The molecule has 4 heteroatoms. The number of carbonyl (C=O) groups is 1. The van der Waals surface area contributed by atoms with Gasteiger partial charge in [-0.1, -0.05) is 60.1 Å². The second-order valence-corrected chi connectivity index (χ2v) is 6.48. The molecule has 0 bridgehead atoms. The van der Waals surface area contributed by atoms with E-state index in [4.69, 9.17) is 11.6 Å². The molecule has 1 aliphatic rings. The van der Waals surface area contributed by atoms with E-state index in [1.807, 2.05) is 60.7 Å². The van der Waals surface area contributed by atoms with Crippen molar-refractivity contribution in [2.24, 2.45) is 0 Å². The lowest BCUT2D eigenvalue weighted by Crippen LogP contribution is -2.43. The number of fused-ring (bicyclic) bond motifs is 1. The molecule has 4 rings (SSSR count). The van der Waals surface area contributed by atoms with Crippen LogP contribution in [-0.4, -0.2) is 11.0 Å². The van der Waals surface area contributed by atoms with Crippen LogP contribution in [0.25, 0.3) is 0 Å². The molecule has 0 saturated carbocycles. The van der Waals surface area contributed by atoms with E-state index in [1.54, 1.807) is 23.1 Å². The van der Waals surface area contributed by atoms with Crippen molar-refractivity contribution in [3.8, 4) is 0 Å². The predicted molar refractivity (Wildman–Crippen MR) is 98.8 cm³/mol. The average molecular weight is 350 g/mol. The van der Waals surface area contributed by atoms with Crippen molar-refractivity contribution in [1.29, 1.82) is 0 Å². The number of hydrogen-bond acceptors (Lipinski definition) is 2. The van der Waals surface area contributed by atoms with Crippen LogP contribution in [0, 0.1) is 0 Å². The van der Waals surface area contributed by atoms with Gasteiger partial charge in [-0.25, -0.2) is 0 Å². The minimum atomic E-state index is -0.824. The lowest BCUT2D eigenvalue weighted by Gasteiger charge is -2.40. The van der Waals surface area contributed by atoms with E-state index in [0.29, 0.717) is 16.1 Å². The highest BCUT2D eigenvalue weighted by Gasteiger charge is 2.40. The molecule has 1 heterocycles. The second-order valence-electron chi connectivity index (χ2n) is 6.04. The Kier molecular flexibility index (Phi) is 4.04. The highest BCUT2D eigenvalue weighted by molar-refractivity contribution is 6.30. The number of amides is 1. The summed E-state index contributed by atoms with van der Waals surface area (Å²) in [6, 6.07) is 23.4. The number of carbonyl (C=O) groups excluding carboxylic acids is 1. The first-order valence-corrected chi connectivity index (χ1v) is 8.45. The lowest BCUT2D eigenvalue weighted by atomic mass is 9.86. The molecule has 2 unspecified atom stereocenters. The second kappa shape index (κ2) is 6.36. The number of halogens is 1. The van der Waals surface area contributed by atoms with Crippen molar-refractivity contribution >= 4 is 23.2 Å². The van der Waals surface area contributed by atoms with E-state index in [2.05, 4.69) is 0 Å². The van der Waals surface area contributed by atoms with E-state index in [1.165, 1.54) is 0 Å². The highest BCUT2D eigenvalue weighted by Crippen LogP contribution is 2.43. The fourth-order valence-corrected chi connectivity index (χ4v) is 3.50. The summed E-state index contributed by atoms with van der Waals surface area (Å²) in [5.74, 6) is -0.118. The van der Waals surface area contributed by atoms with E-state index >= 15 is 0 Å². The Balaban J connectivity index is 1.91. The zero-order chi connectivity index (χ0) is 17.4. The van der Waals surface area contributed by atoms with Gasteiger partial charge in [0.1, 0.15) is 6.10 Å². The molecule has 3 nitrogen and oxygen atoms in total. The minimum absolute atomic E-state index is 0.118. The fourth-order valence-electron chi connectivity index (χ4n) is 3.37. The molecule has 2 atom stereocenters. The van der Waals surface area contributed by atoms with Crippen LogP contribution in [0.1, 0.15) is 33.6 Å². The number of aliphatic hydroxyl groups excluding tert-OH is 1. The average Bonchev–Trinajstić information content (AvgIpc) is 2.66. The highest BCUT2D eigenvalue weighted by atomic mass is 35.5. The Bertz CT molecular complexity index is 909. The smallest absolute Gasteiger partial charge is 0.259 e. The van der Waals surface area contributed by atoms with Crippen LogP contribution >= 0.6 is 11.6 Å². The van der Waals surface area contributed by atoms with E-state index in [0.717, 1.165) is 11.3 Å². The maximum Gasteiger partial charge on any atom is 0.259 e. The van der Waals surface area contributed by atoms with E-state index in [-0.39, 0.29) is 5.91 Å². The Morgan fingerprint density at radius 2 is 1.48 bits per heavy atom. The third-order valence-electron chi connectivity index (χ3n) is 4.55. The van der Waals surface area contributed by atoms with Gasteiger partial charge in [0.2, 0.25) is 0 Å². The summed E-state index contributed by atoms with van der Waals surface area (Å²) in [5.41, 5.74) is 2.77. The molecular formula is C21H16ClNO2. The number of anilines is 1. The third-order valence-corrected chi connectivity index (χ3v) is 4.80. The van der Waals surface area contributed by atoms with Gasteiger partial charge in [-0.2, -0.15) is 0 Å². The molecule has 124 valence electrons. The number of para-hydroxylation sites is 1. The Labute approximate surface area is 151 Å². The van der Waals surface area contributed by atoms with Crippen molar-refractivity contribution in [2.75, 3.05) is 4.90 Å². The van der Waals surface area contributed by atoms with Gasteiger partial charge in [-0.05, 0) is 41.5 Å². The Hall–Kier alpha value is -2.62. The summed E-state index contributed by atoms with van der Waals surface area (Å²) in [5, 5.41) is 11.7. The Morgan fingerprint density at radius 1 is 0.840 bits per heavy atom. The van der Waals surface area contributed by atoms with Crippen LogP contribution < -0.4 is 4.90 Å². The summed E-state index contributed by atoms with van der Waals surface area (Å²) < 4.78 is 0. The first-order chi connectivity index (χ1) is 12.2. The standard InChI is InChI=1S/C21H16ClNO2/c22-15-12-10-14(11-13-15)19-20(24)17-8-4-5-9-18(17)21(25)23(19)16-6-2-1-3-7-16/h1-13,19-20,24H. The molecule has 3 aromatic rings. The summed E-state index contributed by atoms with van der Waals surface area (Å²) >= 11 is 6.01. The maximum absolute atomic E-state index is 13.2. The fraction of sp³-hybridized carbons (Fsp3) is 0.0952. The van der Waals surface area contributed by atoms with Crippen molar-refractivity contribution in [3.05, 3.63) is 101 Å². The van der Waals surface area contributed by atoms with Gasteiger partial charge in [-0.3, -0.25) is 9.69 Å². The van der Waals surface area contributed by atoms with Crippen LogP contribution in [0.3, 0.4) is 0 Å². The minimum Gasteiger partial charge on any atom is -0.386 e. The first kappa shape index (κ1) is 15.9. The van der Waals surface area contributed by atoms with Crippen LogP contribution in [0.5, 0.6) is 0 Å². The molecule has 25 heavy (non-hydrogen) atoms. The quantitative estimate of drug-likeness (QED) is 0.723. The molecule has 1 N–H and O–H groups in total. The van der Waals surface area contributed by atoms with E-state index in [9.17, 15) is 9.90 Å². The zero-order valence-electron chi connectivity index (χ0n) is 13.3.